The van der Waals surface area contributed by atoms with E-state index in [4.69, 9.17) is 9.47 Å². The van der Waals surface area contributed by atoms with Crippen LogP contribution in [0.4, 0.5) is 10.1 Å². The normalized spacial score (nSPS) is 14.2. The molecule has 0 spiro atoms. The van der Waals surface area contributed by atoms with Gasteiger partial charge < -0.3 is 24.0 Å². The first-order valence-corrected chi connectivity index (χ1v) is 8.25. The molecule has 2 aromatic rings. The van der Waals surface area contributed by atoms with E-state index in [0.717, 1.165) is 18.9 Å². The van der Waals surface area contributed by atoms with Crippen molar-refractivity contribution in [3.05, 3.63) is 39.9 Å². The van der Waals surface area contributed by atoms with Crippen LogP contribution in [0.3, 0.4) is 0 Å². The Morgan fingerprint density at radius 1 is 1.38 bits per heavy atom. The van der Waals surface area contributed by atoms with E-state index >= 15 is 0 Å². The third-order valence-electron chi connectivity index (χ3n) is 4.63. The Morgan fingerprint density at radius 2 is 2.04 bits per heavy atom. The fourth-order valence-electron chi connectivity index (χ4n) is 3.03. The molecule has 0 amide bonds. The van der Waals surface area contributed by atoms with Crippen LogP contribution in [-0.4, -0.2) is 49.7 Å². The maximum absolute atomic E-state index is 14.7. The summed E-state index contributed by atoms with van der Waals surface area (Å²) in [4.78, 5) is 25.5. The van der Waals surface area contributed by atoms with Crippen molar-refractivity contribution in [1.29, 1.82) is 0 Å². The topological polar surface area (TPSA) is 81.0 Å². The number of rotatable bonds is 7. The molecular weight excluding hydrogens is 343 g/mol. The van der Waals surface area contributed by atoms with Crippen LogP contribution in [-0.2, 0) is 9.47 Å². The summed E-state index contributed by atoms with van der Waals surface area (Å²) in [7, 11) is 4.69. The highest BCUT2D eigenvalue weighted by atomic mass is 19.1. The van der Waals surface area contributed by atoms with Crippen molar-refractivity contribution in [2.45, 2.75) is 25.2 Å². The number of methoxy groups -OCH3 is 2. The predicted octanol–water partition coefficient (Wildman–Crippen LogP) is 2.23. The number of aromatic carboxylic acids is 1. The molecule has 1 aromatic carbocycles. The van der Waals surface area contributed by atoms with Gasteiger partial charge in [0.05, 0.1) is 17.7 Å². The Balaban J connectivity index is 2.15. The maximum atomic E-state index is 14.7. The summed E-state index contributed by atoms with van der Waals surface area (Å²) < 4.78 is 26.7. The fraction of sp³-hybridized carbons (Fsp3) is 0.444. The van der Waals surface area contributed by atoms with E-state index in [-0.39, 0.29) is 29.2 Å². The number of fused-ring (bicyclic) bond motifs is 1. The van der Waals surface area contributed by atoms with Crippen molar-refractivity contribution in [3.63, 3.8) is 0 Å². The van der Waals surface area contributed by atoms with Crippen molar-refractivity contribution < 1.29 is 23.8 Å². The summed E-state index contributed by atoms with van der Waals surface area (Å²) in [6, 6.07) is 2.83. The van der Waals surface area contributed by atoms with Crippen LogP contribution in [0.1, 0.15) is 29.2 Å². The largest absolute Gasteiger partial charge is 0.477 e. The highest BCUT2D eigenvalue weighted by Crippen LogP contribution is 2.38. The lowest BCUT2D eigenvalue weighted by Gasteiger charge is -2.25. The third kappa shape index (κ3) is 3.30. The molecule has 0 bridgehead atoms. The van der Waals surface area contributed by atoms with E-state index in [9.17, 15) is 19.1 Å². The van der Waals surface area contributed by atoms with Crippen LogP contribution in [0, 0.1) is 5.82 Å². The SMILES string of the molecule is COC(CN(C)c1cc2c(cc1F)c(=O)c(C(=O)O)cn2C1CC1)OC. The molecule has 0 unspecified atom stereocenters. The number of anilines is 1. The average molecular weight is 364 g/mol. The van der Waals surface area contributed by atoms with E-state index < -0.39 is 23.5 Å². The van der Waals surface area contributed by atoms with Crippen LogP contribution < -0.4 is 10.3 Å². The number of benzene rings is 1. The monoisotopic (exact) mass is 364 g/mol. The molecule has 140 valence electrons. The second-order valence-electron chi connectivity index (χ2n) is 6.42. The Morgan fingerprint density at radius 3 is 2.58 bits per heavy atom. The van der Waals surface area contributed by atoms with Gasteiger partial charge in [0.25, 0.3) is 0 Å². The van der Waals surface area contributed by atoms with Gasteiger partial charge in [-0.15, -0.1) is 0 Å². The van der Waals surface area contributed by atoms with E-state index in [1.54, 1.807) is 22.6 Å². The molecule has 3 rings (SSSR count). The van der Waals surface area contributed by atoms with Crippen molar-refractivity contribution in [1.82, 2.24) is 4.57 Å². The van der Waals surface area contributed by atoms with E-state index in [0.29, 0.717) is 5.52 Å². The standard InChI is InChI=1S/C18H21FN2O5/c1-20(9-16(25-2)26-3)15-7-14-11(6-13(15)19)17(22)12(18(23)24)8-21(14)10-4-5-10/h6-8,10,16H,4-5,9H2,1-3H3,(H,23,24). The van der Waals surface area contributed by atoms with Crippen LogP contribution in [0.5, 0.6) is 0 Å². The van der Waals surface area contributed by atoms with Gasteiger partial charge in [-0.2, -0.15) is 0 Å². The molecule has 7 nitrogen and oxygen atoms in total. The first-order valence-electron chi connectivity index (χ1n) is 8.25. The minimum absolute atomic E-state index is 0.0708. The zero-order valence-corrected chi connectivity index (χ0v) is 14.9. The molecule has 0 atom stereocenters. The molecule has 1 aliphatic rings. The van der Waals surface area contributed by atoms with Crippen molar-refractivity contribution in [2.75, 3.05) is 32.7 Å². The number of carboxylic acids is 1. The van der Waals surface area contributed by atoms with Gasteiger partial charge in [0.1, 0.15) is 11.4 Å². The Labute approximate surface area is 149 Å². The molecule has 1 N–H and O–H groups in total. The van der Waals surface area contributed by atoms with Crippen molar-refractivity contribution >= 4 is 22.6 Å². The van der Waals surface area contributed by atoms with Crippen molar-refractivity contribution in [3.8, 4) is 0 Å². The molecule has 26 heavy (non-hydrogen) atoms. The highest BCUT2D eigenvalue weighted by molar-refractivity contribution is 5.93. The van der Waals surface area contributed by atoms with Crippen LogP contribution in [0.15, 0.2) is 23.1 Å². The van der Waals surface area contributed by atoms with Crippen LogP contribution >= 0.6 is 0 Å². The van der Waals surface area contributed by atoms with E-state index in [2.05, 4.69) is 0 Å². The van der Waals surface area contributed by atoms with Crippen molar-refractivity contribution in [2.24, 2.45) is 0 Å². The van der Waals surface area contributed by atoms with Crippen LogP contribution in [0.2, 0.25) is 0 Å². The molecule has 1 heterocycles. The number of ether oxygens (including phenoxy) is 2. The molecule has 1 aliphatic carbocycles. The summed E-state index contributed by atoms with van der Waals surface area (Å²) in [6.45, 7) is 0.288. The molecule has 1 fully saturated rings. The summed E-state index contributed by atoms with van der Waals surface area (Å²) in [5, 5.41) is 9.35. The number of carboxylic acid groups (broad SMARTS) is 1. The Bertz CT molecular complexity index is 903. The molecule has 1 saturated carbocycles. The molecular formula is C18H21FN2O5. The zero-order valence-electron chi connectivity index (χ0n) is 14.9. The van der Waals surface area contributed by atoms with Gasteiger partial charge in [0.2, 0.25) is 5.43 Å². The van der Waals surface area contributed by atoms with E-state index in [1.807, 2.05) is 0 Å². The summed E-state index contributed by atoms with van der Waals surface area (Å²) in [6.07, 6.45) is 2.62. The Hall–Kier alpha value is -2.45. The lowest BCUT2D eigenvalue weighted by atomic mass is 10.1. The summed E-state index contributed by atoms with van der Waals surface area (Å²) in [5.74, 6) is -1.91. The minimum atomic E-state index is -1.31. The van der Waals surface area contributed by atoms with Gasteiger partial charge in [-0.1, -0.05) is 0 Å². The zero-order chi connectivity index (χ0) is 19.0. The van der Waals surface area contributed by atoms with Gasteiger partial charge >= 0.3 is 5.97 Å². The number of nitrogens with zero attached hydrogens (tertiary/aromatic N) is 2. The van der Waals surface area contributed by atoms with Gasteiger partial charge in [-0.25, -0.2) is 9.18 Å². The quantitative estimate of drug-likeness (QED) is 0.759. The third-order valence-corrected chi connectivity index (χ3v) is 4.63. The molecule has 0 radical (unpaired) electrons. The first kappa shape index (κ1) is 18.3. The van der Waals surface area contributed by atoms with Crippen LogP contribution in [0.25, 0.3) is 10.9 Å². The molecule has 0 aliphatic heterocycles. The number of hydrogen-bond donors (Lipinski definition) is 1. The van der Waals surface area contributed by atoms with Gasteiger partial charge in [0, 0.05) is 38.9 Å². The van der Waals surface area contributed by atoms with Gasteiger partial charge in [0.15, 0.2) is 6.29 Å². The maximum Gasteiger partial charge on any atom is 0.341 e. The average Bonchev–Trinajstić information content (AvgIpc) is 3.44. The number of likely N-dealkylation sites (N-methyl/N-ethyl adjacent to an activating group) is 1. The molecule has 1 aromatic heterocycles. The number of aromatic nitrogens is 1. The lowest BCUT2D eigenvalue weighted by molar-refractivity contribution is -0.0944. The second kappa shape index (κ2) is 7.05. The second-order valence-corrected chi connectivity index (χ2v) is 6.42. The smallest absolute Gasteiger partial charge is 0.341 e. The number of halogens is 1. The number of pyridine rings is 1. The Kier molecular flexibility index (Phi) is 4.97. The molecule has 8 heteroatoms. The number of hydrogen-bond acceptors (Lipinski definition) is 5. The van der Waals surface area contributed by atoms with Gasteiger partial charge in [-0.05, 0) is 25.0 Å². The minimum Gasteiger partial charge on any atom is -0.477 e. The number of carbonyl (C=O) groups is 1. The summed E-state index contributed by atoms with van der Waals surface area (Å²) in [5.41, 5.74) is -0.210. The fourth-order valence-corrected chi connectivity index (χ4v) is 3.03. The first-order chi connectivity index (χ1) is 12.4. The van der Waals surface area contributed by atoms with E-state index in [1.165, 1.54) is 20.4 Å². The lowest BCUT2D eigenvalue weighted by Crippen LogP contribution is -2.32. The molecule has 0 saturated heterocycles. The highest BCUT2D eigenvalue weighted by Gasteiger charge is 2.27. The van der Waals surface area contributed by atoms with Gasteiger partial charge in [-0.3, -0.25) is 4.79 Å². The summed E-state index contributed by atoms with van der Waals surface area (Å²) >= 11 is 0. The predicted molar refractivity (Wildman–Crippen MR) is 94.5 cm³/mol.